The summed E-state index contributed by atoms with van der Waals surface area (Å²) in [5.74, 6) is 0. The van der Waals surface area contributed by atoms with Crippen LogP contribution in [0.25, 0.3) is 0 Å². The van der Waals surface area contributed by atoms with Crippen LogP contribution >= 0.6 is 0 Å². The maximum absolute atomic E-state index is 3.12. The molecule has 0 amide bonds. The number of hydrogen-bond donors (Lipinski definition) is 0. The second-order valence-electron chi connectivity index (χ2n) is 0.250. The Morgan fingerprint density at radius 3 is 1.17 bits per heavy atom. The molecular formula is C6H14. The second-order valence-corrected chi connectivity index (χ2v) is 0.250. The van der Waals surface area contributed by atoms with Gasteiger partial charge in [-0.25, -0.2) is 0 Å². The van der Waals surface area contributed by atoms with Gasteiger partial charge in [0.2, 0.25) is 0 Å². The molecule has 0 aliphatic carbocycles. The monoisotopic (exact) mass is 86.1 g/mol. The van der Waals surface area contributed by atoms with Crippen LogP contribution in [0.2, 0.25) is 0 Å². The summed E-state index contributed by atoms with van der Waals surface area (Å²) in [6.45, 7) is 10.2. The molecule has 0 bridgehead atoms. The van der Waals surface area contributed by atoms with Crippen LogP contribution in [-0.2, 0) is 0 Å². The molecule has 0 atom stereocenters. The molecule has 0 aliphatic rings. The van der Waals surface area contributed by atoms with E-state index < -0.39 is 0 Å². The average Bonchev–Trinajstić information content (AvgIpc) is 1.46. The normalized spacial score (nSPS) is 2.33. The summed E-state index contributed by atoms with van der Waals surface area (Å²) in [6, 6.07) is 0. The SMILES string of the molecule is C.C=C=C.CC. The molecule has 0 aliphatic heterocycles. The molecule has 0 rings (SSSR count). The van der Waals surface area contributed by atoms with Crippen LogP contribution < -0.4 is 0 Å². The first-order valence-corrected chi connectivity index (χ1v) is 1.71. The molecule has 0 radical (unpaired) electrons. The van der Waals surface area contributed by atoms with Gasteiger partial charge in [-0.05, 0) is 0 Å². The minimum atomic E-state index is 0. The summed E-state index contributed by atoms with van der Waals surface area (Å²) >= 11 is 0. The van der Waals surface area contributed by atoms with Gasteiger partial charge in [0.25, 0.3) is 0 Å². The highest BCUT2D eigenvalue weighted by Gasteiger charge is 0.932. The van der Waals surface area contributed by atoms with Crippen molar-refractivity contribution in [3.8, 4) is 0 Å². The predicted molar refractivity (Wildman–Crippen MR) is 32.8 cm³/mol. The van der Waals surface area contributed by atoms with Gasteiger partial charge < -0.3 is 0 Å². The predicted octanol–water partition coefficient (Wildman–Crippen LogP) is 2.62. The van der Waals surface area contributed by atoms with Gasteiger partial charge in [0.15, 0.2) is 0 Å². The molecule has 0 fully saturated rings. The van der Waals surface area contributed by atoms with Crippen LogP contribution in [0.1, 0.15) is 21.3 Å². The Morgan fingerprint density at radius 1 is 1.17 bits per heavy atom. The molecule has 0 aromatic carbocycles. The van der Waals surface area contributed by atoms with Crippen LogP contribution in [0.15, 0.2) is 18.9 Å². The molecule has 0 aromatic heterocycles. The minimum absolute atomic E-state index is 0. The fourth-order valence-electron chi connectivity index (χ4n) is 0. The molecule has 0 saturated heterocycles. The Morgan fingerprint density at radius 2 is 1.17 bits per heavy atom. The number of rotatable bonds is 0. The highest BCUT2D eigenvalue weighted by molar-refractivity contribution is 4.51. The van der Waals surface area contributed by atoms with Crippen molar-refractivity contribution in [2.75, 3.05) is 0 Å². The van der Waals surface area contributed by atoms with E-state index in [1.807, 2.05) is 13.8 Å². The van der Waals surface area contributed by atoms with Gasteiger partial charge in [-0.15, -0.1) is 5.73 Å². The van der Waals surface area contributed by atoms with Gasteiger partial charge in [-0.2, -0.15) is 0 Å². The van der Waals surface area contributed by atoms with Gasteiger partial charge in [0.05, 0.1) is 0 Å². The van der Waals surface area contributed by atoms with Crippen molar-refractivity contribution < 1.29 is 0 Å². The smallest absolute Gasteiger partial charge is 0.0572 e. The first kappa shape index (κ1) is 17.8. The van der Waals surface area contributed by atoms with E-state index in [4.69, 9.17) is 0 Å². The largest absolute Gasteiger partial charge is 0.137 e. The fraction of sp³-hybridized carbons (Fsp3) is 0.500. The van der Waals surface area contributed by atoms with Crippen molar-refractivity contribution in [2.45, 2.75) is 21.3 Å². The highest BCUT2D eigenvalue weighted by atomic mass is 13.0. The summed E-state index contributed by atoms with van der Waals surface area (Å²) in [5.41, 5.74) is 2.25. The van der Waals surface area contributed by atoms with Crippen molar-refractivity contribution in [3.63, 3.8) is 0 Å². The van der Waals surface area contributed by atoms with Crippen LogP contribution in [0, 0.1) is 0 Å². The van der Waals surface area contributed by atoms with E-state index >= 15 is 0 Å². The van der Waals surface area contributed by atoms with Gasteiger partial charge in [-0.3, -0.25) is 0 Å². The van der Waals surface area contributed by atoms with E-state index in [2.05, 4.69) is 18.9 Å². The highest BCUT2D eigenvalue weighted by Crippen LogP contribution is 1.16. The Hall–Kier alpha value is -0.480. The van der Waals surface area contributed by atoms with E-state index in [9.17, 15) is 0 Å². The van der Waals surface area contributed by atoms with Crippen molar-refractivity contribution in [1.82, 2.24) is 0 Å². The van der Waals surface area contributed by atoms with Crippen LogP contribution in [0.5, 0.6) is 0 Å². The Labute approximate surface area is 41.2 Å². The lowest BCUT2D eigenvalue weighted by atomic mass is 11.0. The van der Waals surface area contributed by atoms with Crippen LogP contribution in [0.4, 0.5) is 0 Å². The third kappa shape index (κ3) is 97.0. The van der Waals surface area contributed by atoms with E-state index in [1.165, 1.54) is 0 Å². The molecule has 38 valence electrons. The van der Waals surface area contributed by atoms with E-state index in [0.717, 1.165) is 0 Å². The van der Waals surface area contributed by atoms with Gasteiger partial charge >= 0.3 is 0 Å². The lowest BCUT2D eigenvalue weighted by Gasteiger charge is -1.10. The lowest BCUT2D eigenvalue weighted by Crippen LogP contribution is -0.856. The molecule has 0 heteroatoms. The first-order valence-electron chi connectivity index (χ1n) is 1.71. The zero-order valence-electron chi connectivity index (χ0n) is 3.91. The standard InChI is InChI=1S/C3H4.C2H6.CH4/c1-3-2;1-2;/h1-2H2;1-2H3;1H4. The topological polar surface area (TPSA) is 0 Å². The molecular weight excluding hydrogens is 72.1 g/mol. The molecule has 0 unspecified atom stereocenters. The third-order valence-electron chi connectivity index (χ3n) is 0. The van der Waals surface area contributed by atoms with Crippen molar-refractivity contribution in [3.05, 3.63) is 18.9 Å². The maximum Gasteiger partial charge on any atom is -0.0572 e. The minimum Gasteiger partial charge on any atom is -0.137 e. The van der Waals surface area contributed by atoms with Crippen molar-refractivity contribution in [1.29, 1.82) is 0 Å². The Kier molecular flexibility index (Phi) is 613. The fourth-order valence-corrected chi connectivity index (χ4v) is 0. The second kappa shape index (κ2) is 207. The van der Waals surface area contributed by atoms with Crippen molar-refractivity contribution in [2.24, 2.45) is 0 Å². The summed E-state index contributed by atoms with van der Waals surface area (Å²) in [4.78, 5) is 0. The van der Waals surface area contributed by atoms with Crippen LogP contribution in [-0.4, -0.2) is 0 Å². The van der Waals surface area contributed by atoms with E-state index in [1.54, 1.807) is 0 Å². The summed E-state index contributed by atoms with van der Waals surface area (Å²) in [6.07, 6.45) is 0. The maximum atomic E-state index is 3.12. The first-order chi connectivity index (χ1) is 2.41. The van der Waals surface area contributed by atoms with Crippen LogP contribution in [0.3, 0.4) is 0 Å². The van der Waals surface area contributed by atoms with Gasteiger partial charge in [0, 0.05) is 0 Å². The summed E-state index contributed by atoms with van der Waals surface area (Å²) < 4.78 is 0. The lowest BCUT2D eigenvalue weighted by molar-refractivity contribution is 1.50. The zero-order chi connectivity index (χ0) is 4.71. The molecule has 0 spiro atoms. The quantitative estimate of drug-likeness (QED) is 0.397. The van der Waals surface area contributed by atoms with Crippen molar-refractivity contribution >= 4 is 0 Å². The van der Waals surface area contributed by atoms with Gasteiger partial charge in [-0.1, -0.05) is 34.4 Å². The zero-order valence-corrected chi connectivity index (χ0v) is 3.91. The molecule has 0 N–H and O–H groups in total. The average molecular weight is 86.2 g/mol. The molecule has 6 heavy (non-hydrogen) atoms. The van der Waals surface area contributed by atoms with E-state index in [-0.39, 0.29) is 7.43 Å². The Bertz CT molecular complexity index is 21.0. The Balaban J connectivity index is -0.0000000275. The van der Waals surface area contributed by atoms with Gasteiger partial charge in [0.1, 0.15) is 0 Å². The molecule has 0 aromatic rings. The summed E-state index contributed by atoms with van der Waals surface area (Å²) in [7, 11) is 0. The molecule has 0 nitrogen and oxygen atoms in total. The molecule has 0 saturated carbocycles. The third-order valence-corrected chi connectivity index (χ3v) is 0. The number of hydrogen-bond acceptors (Lipinski definition) is 0. The summed E-state index contributed by atoms with van der Waals surface area (Å²) in [5, 5.41) is 0. The van der Waals surface area contributed by atoms with E-state index in [0.29, 0.717) is 0 Å². The molecule has 0 heterocycles.